The number of benzene rings is 2. The molecule has 0 aromatic heterocycles. The van der Waals surface area contributed by atoms with Crippen molar-refractivity contribution in [1.82, 2.24) is 0 Å². The first kappa shape index (κ1) is 19.8. The molecule has 144 valence electrons. The second kappa shape index (κ2) is 7.22. The number of hydrogen-bond acceptors (Lipinski definition) is 4. The first-order valence-electron chi connectivity index (χ1n) is 8.12. The molecule has 1 aliphatic rings. The number of halogens is 2. The van der Waals surface area contributed by atoms with E-state index in [0.29, 0.717) is 27.2 Å². The fourth-order valence-electron chi connectivity index (χ4n) is 2.92. The molecule has 1 N–H and O–H groups in total. The lowest BCUT2D eigenvalue weighted by atomic mass is 10.1. The molecule has 0 bridgehead atoms. The summed E-state index contributed by atoms with van der Waals surface area (Å²) in [6, 6.07) is 11.2. The fraction of sp³-hybridized carbons (Fsp3) is 0.278. The topological polar surface area (TPSA) is 75.7 Å². The highest BCUT2D eigenvalue weighted by atomic mass is 35.5. The largest absolute Gasteiger partial charge is 0.495 e. The minimum absolute atomic E-state index is 0.160. The molecule has 0 spiro atoms. The standard InChI is InChI=1S/C18H18Cl2N2O4S/c1-18(17(23)21-13-5-8-16(26-2)15(20)11-13)9-10-22(27(18,24)25)14-6-3-12(19)4-7-14/h3-8,11H,9-10H2,1-2H3,(H,21,23)/t18-/m1/s1. The monoisotopic (exact) mass is 428 g/mol. The Bertz CT molecular complexity index is 979. The maximum absolute atomic E-state index is 13.1. The van der Waals surface area contributed by atoms with Gasteiger partial charge in [-0.1, -0.05) is 23.2 Å². The van der Waals surface area contributed by atoms with Crippen molar-refractivity contribution in [1.29, 1.82) is 0 Å². The zero-order valence-corrected chi connectivity index (χ0v) is 17.0. The van der Waals surface area contributed by atoms with Crippen molar-refractivity contribution in [3.63, 3.8) is 0 Å². The second-order valence-corrected chi connectivity index (χ2v) is 9.47. The Morgan fingerprint density at radius 1 is 1.19 bits per heavy atom. The number of nitrogens with one attached hydrogen (secondary N) is 1. The van der Waals surface area contributed by atoms with Crippen LogP contribution >= 0.6 is 23.2 Å². The van der Waals surface area contributed by atoms with Crippen LogP contribution in [0.5, 0.6) is 5.75 Å². The number of anilines is 2. The van der Waals surface area contributed by atoms with E-state index < -0.39 is 20.7 Å². The molecule has 9 heteroatoms. The molecule has 0 radical (unpaired) electrons. The van der Waals surface area contributed by atoms with Crippen molar-refractivity contribution in [2.75, 3.05) is 23.3 Å². The third kappa shape index (κ3) is 3.47. The van der Waals surface area contributed by atoms with Crippen LogP contribution in [0.25, 0.3) is 0 Å². The molecular weight excluding hydrogens is 411 g/mol. The number of rotatable bonds is 4. The van der Waals surface area contributed by atoms with Crippen molar-refractivity contribution in [2.24, 2.45) is 0 Å². The smallest absolute Gasteiger partial charge is 0.249 e. The lowest BCUT2D eigenvalue weighted by Crippen LogP contribution is -2.47. The summed E-state index contributed by atoms with van der Waals surface area (Å²) in [7, 11) is -2.43. The molecule has 1 fully saturated rings. The van der Waals surface area contributed by atoms with Crippen LogP contribution in [0.2, 0.25) is 10.0 Å². The van der Waals surface area contributed by atoms with Crippen LogP contribution < -0.4 is 14.4 Å². The number of hydrogen-bond donors (Lipinski definition) is 1. The molecule has 1 atom stereocenters. The minimum Gasteiger partial charge on any atom is -0.495 e. The number of carbonyl (C=O) groups excluding carboxylic acids is 1. The molecule has 6 nitrogen and oxygen atoms in total. The average molecular weight is 429 g/mol. The van der Waals surface area contributed by atoms with Crippen molar-refractivity contribution in [3.8, 4) is 5.75 Å². The zero-order valence-electron chi connectivity index (χ0n) is 14.7. The molecule has 1 heterocycles. The van der Waals surface area contributed by atoms with Gasteiger partial charge in [0.15, 0.2) is 4.75 Å². The van der Waals surface area contributed by atoms with Gasteiger partial charge in [0.1, 0.15) is 5.75 Å². The quantitative estimate of drug-likeness (QED) is 0.799. The van der Waals surface area contributed by atoms with Crippen molar-refractivity contribution < 1.29 is 17.9 Å². The van der Waals surface area contributed by atoms with E-state index >= 15 is 0 Å². The highest BCUT2D eigenvalue weighted by Crippen LogP contribution is 2.38. The molecule has 27 heavy (non-hydrogen) atoms. The van der Waals surface area contributed by atoms with Crippen LogP contribution in [0.15, 0.2) is 42.5 Å². The van der Waals surface area contributed by atoms with Gasteiger partial charge >= 0.3 is 0 Å². The molecule has 0 aliphatic carbocycles. The Labute approximate surface area is 168 Å². The number of ether oxygens (including phenoxy) is 1. The van der Waals surface area contributed by atoms with Gasteiger partial charge in [-0.3, -0.25) is 9.10 Å². The van der Waals surface area contributed by atoms with E-state index in [2.05, 4.69) is 5.32 Å². The predicted octanol–water partition coefficient (Wildman–Crippen LogP) is 3.94. The number of sulfonamides is 1. The average Bonchev–Trinajstić information content (AvgIpc) is 2.87. The summed E-state index contributed by atoms with van der Waals surface area (Å²) in [6.45, 7) is 1.63. The van der Waals surface area contributed by atoms with Crippen molar-refractivity contribution in [3.05, 3.63) is 52.5 Å². The van der Waals surface area contributed by atoms with E-state index in [-0.39, 0.29) is 13.0 Å². The van der Waals surface area contributed by atoms with Gasteiger partial charge in [-0.05, 0) is 55.8 Å². The molecule has 2 aromatic rings. The molecule has 0 unspecified atom stereocenters. The van der Waals surface area contributed by atoms with Gasteiger partial charge in [-0.15, -0.1) is 0 Å². The Balaban J connectivity index is 1.86. The van der Waals surface area contributed by atoms with Crippen LogP contribution in [0.1, 0.15) is 13.3 Å². The van der Waals surface area contributed by atoms with E-state index in [1.165, 1.54) is 24.4 Å². The predicted molar refractivity (Wildman–Crippen MR) is 107 cm³/mol. The number of nitrogens with zero attached hydrogens (tertiary/aromatic N) is 1. The van der Waals surface area contributed by atoms with Crippen molar-refractivity contribution in [2.45, 2.75) is 18.1 Å². The van der Waals surface area contributed by atoms with Crippen molar-refractivity contribution >= 4 is 50.5 Å². The van der Waals surface area contributed by atoms with E-state index in [4.69, 9.17) is 27.9 Å². The first-order valence-corrected chi connectivity index (χ1v) is 10.3. The third-order valence-electron chi connectivity index (χ3n) is 4.66. The Morgan fingerprint density at radius 3 is 2.44 bits per heavy atom. The summed E-state index contributed by atoms with van der Waals surface area (Å²) in [6.07, 6.45) is 0.160. The lowest BCUT2D eigenvalue weighted by Gasteiger charge is -2.25. The van der Waals surface area contributed by atoms with Crippen LogP contribution in [-0.2, 0) is 14.8 Å². The molecule has 0 saturated carbocycles. The summed E-state index contributed by atoms with van der Waals surface area (Å²) in [5, 5.41) is 3.47. The molecule has 1 aliphatic heterocycles. The van der Waals surface area contributed by atoms with Crippen LogP contribution in [0.3, 0.4) is 0 Å². The van der Waals surface area contributed by atoms with Gasteiger partial charge in [0.2, 0.25) is 15.9 Å². The molecule has 1 saturated heterocycles. The Morgan fingerprint density at radius 2 is 1.85 bits per heavy atom. The Kier molecular flexibility index (Phi) is 5.29. The highest BCUT2D eigenvalue weighted by Gasteiger charge is 2.54. The van der Waals surface area contributed by atoms with Gasteiger partial charge < -0.3 is 10.1 Å². The highest BCUT2D eigenvalue weighted by molar-refractivity contribution is 7.95. The lowest BCUT2D eigenvalue weighted by molar-refractivity contribution is -0.118. The summed E-state index contributed by atoms with van der Waals surface area (Å²) in [5.74, 6) is -0.150. The molecule has 2 aromatic carbocycles. The van der Waals surface area contributed by atoms with E-state index in [1.54, 1.807) is 36.4 Å². The third-order valence-corrected chi connectivity index (χ3v) is 7.71. The SMILES string of the molecule is COc1ccc(NC(=O)[C@@]2(C)CCN(c3ccc(Cl)cc3)S2(=O)=O)cc1Cl. The van der Waals surface area contributed by atoms with Crippen LogP contribution in [-0.4, -0.2) is 32.7 Å². The molecule has 1 amide bonds. The molecular formula is C18H18Cl2N2O4S. The number of methoxy groups -OCH3 is 1. The summed E-state index contributed by atoms with van der Waals surface area (Å²) in [5.41, 5.74) is 0.871. The maximum Gasteiger partial charge on any atom is 0.249 e. The summed E-state index contributed by atoms with van der Waals surface area (Å²) < 4.78 is 30.9. The zero-order chi connectivity index (χ0) is 19.8. The van der Waals surface area contributed by atoms with Gasteiger partial charge in [-0.2, -0.15) is 0 Å². The minimum atomic E-state index is -3.92. The van der Waals surface area contributed by atoms with E-state index in [9.17, 15) is 13.2 Å². The summed E-state index contributed by atoms with van der Waals surface area (Å²) in [4.78, 5) is 12.8. The Hall–Kier alpha value is -1.96. The van der Waals surface area contributed by atoms with Gasteiger partial charge in [-0.25, -0.2) is 8.42 Å². The maximum atomic E-state index is 13.1. The van der Waals surface area contributed by atoms with E-state index in [1.807, 2.05) is 0 Å². The van der Waals surface area contributed by atoms with Gasteiger partial charge in [0, 0.05) is 17.3 Å². The molecule has 3 rings (SSSR count). The normalized spacial score (nSPS) is 21.1. The van der Waals surface area contributed by atoms with Gasteiger partial charge in [0.05, 0.1) is 17.8 Å². The fourth-order valence-corrected chi connectivity index (χ4v) is 5.16. The second-order valence-electron chi connectivity index (χ2n) is 6.34. The van der Waals surface area contributed by atoms with Crippen LogP contribution in [0, 0.1) is 0 Å². The van der Waals surface area contributed by atoms with Gasteiger partial charge in [0.25, 0.3) is 0 Å². The first-order chi connectivity index (χ1) is 12.7. The number of carbonyl (C=O) groups is 1. The van der Waals surface area contributed by atoms with Crippen LogP contribution in [0.4, 0.5) is 11.4 Å². The van der Waals surface area contributed by atoms with E-state index in [0.717, 1.165) is 0 Å². The number of amides is 1. The summed E-state index contributed by atoms with van der Waals surface area (Å²) >= 11 is 11.9.